The molecule has 1 aliphatic heterocycles. The summed E-state index contributed by atoms with van der Waals surface area (Å²) in [6, 6.07) is 5.97. The highest BCUT2D eigenvalue weighted by molar-refractivity contribution is 6.11. The Kier molecular flexibility index (Phi) is 2.40. The van der Waals surface area contributed by atoms with Crippen molar-refractivity contribution in [3.63, 3.8) is 0 Å². The molecular formula is C13H16N4O. The summed E-state index contributed by atoms with van der Waals surface area (Å²) in [6.07, 6.45) is 2.47. The van der Waals surface area contributed by atoms with E-state index in [2.05, 4.69) is 9.88 Å². The zero-order valence-corrected chi connectivity index (χ0v) is 10.1. The number of amides is 1. The van der Waals surface area contributed by atoms with Crippen molar-refractivity contribution in [3.05, 3.63) is 23.8 Å². The van der Waals surface area contributed by atoms with Crippen LogP contribution in [0.15, 0.2) is 18.2 Å². The van der Waals surface area contributed by atoms with Gasteiger partial charge in [0.1, 0.15) is 5.82 Å². The third-order valence-electron chi connectivity index (χ3n) is 3.53. The maximum absolute atomic E-state index is 11.3. The van der Waals surface area contributed by atoms with Crippen molar-refractivity contribution in [2.24, 2.45) is 5.73 Å². The Morgan fingerprint density at radius 1 is 1.28 bits per heavy atom. The number of H-pyrrole nitrogens is 1. The topological polar surface area (TPSA) is 88.1 Å². The minimum Gasteiger partial charge on any atom is -0.385 e. The fraction of sp³-hybridized carbons (Fsp3) is 0.308. The minimum absolute atomic E-state index is 0.344. The third-order valence-corrected chi connectivity index (χ3v) is 3.53. The molecule has 2 heterocycles. The van der Waals surface area contributed by atoms with Crippen molar-refractivity contribution < 1.29 is 4.79 Å². The number of aromatic amines is 1. The molecule has 0 bridgehead atoms. The monoisotopic (exact) mass is 244 g/mol. The molecule has 94 valence electrons. The first-order chi connectivity index (χ1) is 8.66. The number of nitrogen functional groups attached to an aromatic ring is 1. The summed E-state index contributed by atoms with van der Waals surface area (Å²) in [5.74, 6) is -0.149. The maximum Gasteiger partial charge on any atom is 0.253 e. The number of hydrogen-bond acceptors (Lipinski definition) is 3. The maximum atomic E-state index is 11.3. The largest absolute Gasteiger partial charge is 0.385 e. The molecular weight excluding hydrogens is 228 g/mol. The van der Waals surface area contributed by atoms with Gasteiger partial charge in [0.15, 0.2) is 0 Å². The average molecular weight is 244 g/mol. The van der Waals surface area contributed by atoms with E-state index >= 15 is 0 Å². The fourth-order valence-electron chi connectivity index (χ4n) is 2.64. The highest BCUT2D eigenvalue weighted by atomic mass is 16.1. The van der Waals surface area contributed by atoms with Gasteiger partial charge in [-0.05, 0) is 31.0 Å². The summed E-state index contributed by atoms with van der Waals surface area (Å²) in [7, 11) is 0. The lowest BCUT2D eigenvalue weighted by Gasteiger charge is -2.17. The van der Waals surface area contributed by atoms with Crippen LogP contribution < -0.4 is 16.4 Å². The Bertz CT molecular complexity index is 611. The molecule has 5 N–H and O–H groups in total. The number of nitrogens with zero attached hydrogens (tertiary/aromatic N) is 1. The average Bonchev–Trinajstić information content (AvgIpc) is 2.92. The van der Waals surface area contributed by atoms with Crippen molar-refractivity contribution in [2.45, 2.75) is 12.8 Å². The molecule has 1 fully saturated rings. The first-order valence-electron chi connectivity index (χ1n) is 6.13. The summed E-state index contributed by atoms with van der Waals surface area (Å²) in [5, 5.41) is 0.794. The van der Waals surface area contributed by atoms with Crippen LogP contribution in [0.1, 0.15) is 23.2 Å². The molecule has 18 heavy (non-hydrogen) atoms. The second-order valence-corrected chi connectivity index (χ2v) is 4.70. The molecule has 0 spiro atoms. The van der Waals surface area contributed by atoms with Crippen LogP contribution in [0, 0.1) is 0 Å². The highest BCUT2D eigenvalue weighted by Gasteiger charge is 2.17. The summed E-state index contributed by atoms with van der Waals surface area (Å²) >= 11 is 0. The Hall–Kier alpha value is -2.17. The van der Waals surface area contributed by atoms with Crippen molar-refractivity contribution >= 4 is 28.3 Å². The molecule has 2 aromatic rings. The lowest BCUT2D eigenvalue weighted by Crippen LogP contribution is -2.17. The van der Waals surface area contributed by atoms with Crippen LogP contribution in [-0.2, 0) is 0 Å². The number of anilines is 2. The van der Waals surface area contributed by atoms with E-state index in [1.807, 2.05) is 18.2 Å². The van der Waals surface area contributed by atoms with E-state index in [0.717, 1.165) is 29.7 Å². The lowest BCUT2D eigenvalue weighted by molar-refractivity contribution is 0.100. The Morgan fingerprint density at radius 3 is 2.67 bits per heavy atom. The van der Waals surface area contributed by atoms with Gasteiger partial charge >= 0.3 is 0 Å². The van der Waals surface area contributed by atoms with Gasteiger partial charge < -0.3 is 21.4 Å². The number of benzene rings is 1. The van der Waals surface area contributed by atoms with Crippen LogP contribution in [0.3, 0.4) is 0 Å². The number of carbonyl (C=O) groups is 1. The number of carbonyl (C=O) groups excluding carboxylic acids is 1. The first-order valence-corrected chi connectivity index (χ1v) is 6.13. The molecule has 0 unspecified atom stereocenters. The summed E-state index contributed by atoms with van der Waals surface area (Å²) in [4.78, 5) is 16.7. The van der Waals surface area contributed by atoms with Gasteiger partial charge in [-0.1, -0.05) is 0 Å². The lowest BCUT2D eigenvalue weighted by atomic mass is 10.1. The minimum atomic E-state index is -0.493. The van der Waals surface area contributed by atoms with Gasteiger partial charge in [-0.15, -0.1) is 0 Å². The van der Waals surface area contributed by atoms with Gasteiger partial charge in [0.2, 0.25) is 0 Å². The molecule has 0 atom stereocenters. The van der Waals surface area contributed by atoms with Gasteiger partial charge in [0.25, 0.3) is 5.91 Å². The van der Waals surface area contributed by atoms with Gasteiger partial charge in [-0.25, -0.2) is 0 Å². The van der Waals surface area contributed by atoms with Gasteiger partial charge in [-0.3, -0.25) is 4.79 Å². The zero-order chi connectivity index (χ0) is 12.7. The van der Waals surface area contributed by atoms with Crippen molar-refractivity contribution in [1.29, 1.82) is 0 Å². The Labute approximate surface area is 105 Å². The van der Waals surface area contributed by atoms with Gasteiger partial charge in [0, 0.05) is 29.7 Å². The van der Waals surface area contributed by atoms with E-state index in [4.69, 9.17) is 11.5 Å². The van der Waals surface area contributed by atoms with E-state index in [-0.39, 0.29) is 0 Å². The van der Waals surface area contributed by atoms with E-state index in [1.165, 1.54) is 12.8 Å². The summed E-state index contributed by atoms with van der Waals surface area (Å²) < 4.78 is 0. The molecule has 0 saturated carbocycles. The molecule has 5 nitrogen and oxygen atoms in total. The smallest absolute Gasteiger partial charge is 0.253 e. The number of nitrogens with two attached hydrogens (primary N) is 2. The quantitative estimate of drug-likeness (QED) is 0.747. The van der Waals surface area contributed by atoms with Crippen LogP contribution in [0.5, 0.6) is 0 Å². The predicted octanol–water partition coefficient (Wildman–Crippen LogP) is 1.45. The molecule has 1 amide bonds. The van der Waals surface area contributed by atoms with Crippen LogP contribution >= 0.6 is 0 Å². The van der Waals surface area contributed by atoms with Crippen LogP contribution in [0.2, 0.25) is 0 Å². The molecule has 1 aliphatic rings. The number of fused-ring (bicyclic) bond motifs is 1. The van der Waals surface area contributed by atoms with Crippen molar-refractivity contribution in [2.75, 3.05) is 23.7 Å². The fourth-order valence-corrected chi connectivity index (χ4v) is 2.64. The molecule has 1 aromatic carbocycles. The molecule has 5 heteroatoms. The third kappa shape index (κ3) is 1.59. The molecule has 3 rings (SSSR count). The van der Waals surface area contributed by atoms with Crippen molar-refractivity contribution in [3.8, 4) is 0 Å². The Balaban J connectivity index is 2.10. The van der Waals surface area contributed by atoms with Crippen LogP contribution in [0.4, 0.5) is 11.5 Å². The van der Waals surface area contributed by atoms with E-state index in [0.29, 0.717) is 11.4 Å². The summed E-state index contributed by atoms with van der Waals surface area (Å²) in [6.45, 7) is 2.18. The first kappa shape index (κ1) is 11.0. The number of hydrogen-bond donors (Lipinski definition) is 3. The molecule has 0 aliphatic carbocycles. The number of aromatic nitrogens is 1. The highest BCUT2D eigenvalue weighted by Crippen LogP contribution is 2.29. The number of primary amides is 1. The SMILES string of the molecule is NC(=O)c1c(N)[nH]c2cc(N3CCCC3)ccc12. The molecule has 1 aromatic heterocycles. The van der Waals surface area contributed by atoms with Crippen LogP contribution in [-0.4, -0.2) is 24.0 Å². The Morgan fingerprint density at radius 2 is 2.00 bits per heavy atom. The normalized spacial score (nSPS) is 15.4. The van der Waals surface area contributed by atoms with E-state index in [9.17, 15) is 4.79 Å². The molecule has 0 radical (unpaired) electrons. The second-order valence-electron chi connectivity index (χ2n) is 4.70. The van der Waals surface area contributed by atoms with E-state index < -0.39 is 5.91 Å². The van der Waals surface area contributed by atoms with Gasteiger partial charge in [0.05, 0.1) is 5.56 Å². The van der Waals surface area contributed by atoms with E-state index in [1.54, 1.807) is 0 Å². The predicted molar refractivity (Wildman–Crippen MR) is 72.7 cm³/mol. The summed E-state index contributed by atoms with van der Waals surface area (Å²) in [5.41, 5.74) is 13.5. The number of nitrogens with one attached hydrogen (secondary N) is 1. The van der Waals surface area contributed by atoms with Crippen molar-refractivity contribution in [1.82, 2.24) is 4.98 Å². The van der Waals surface area contributed by atoms with Crippen LogP contribution in [0.25, 0.3) is 10.9 Å². The standard InChI is InChI=1S/C13H16N4O/c14-12-11(13(15)18)9-4-3-8(7-10(9)16-12)17-5-1-2-6-17/h3-4,7,16H,1-2,5-6,14H2,(H2,15,18). The number of rotatable bonds is 2. The zero-order valence-electron chi connectivity index (χ0n) is 10.1. The second kappa shape index (κ2) is 3.94. The molecule has 1 saturated heterocycles. The van der Waals surface area contributed by atoms with Gasteiger partial charge in [-0.2, -0.15) is 0 Å².